The summed E-state index contributed by atoms with van der Waals surface area (Å²) in [7, 11) is 0. The summed E-state index contributed by atoms with van der Waals surface area (Å²) < 4.78 is 5.86. The van der Waals surface area contributed by atoms with Crippen molar-refractivity contribution in [2.45, 2.75) is 0 Å². The van der Waals surface area contributed by atoms with Gasteiger partial charge in [0.25, 0.3) is 17.3 Å². The zero-order valence-electron chi connectivity index (χ0n) is 17.3. The van der Waals surface area contributed by atoms with Crippen molar-refractivity contribution >= 4 is 44.8 Å². The van der Waals surface area contributed by atoms with Crippen molar-refractivity contribution < 1.29 is 19.1 Å². The van der Waals surface area contributed by atoms with E-state index in [0.717, 1.165) is 34.5 Å². The van der Waals surface area contributed by atoms with Gasteiger partial charge in [-0.2, -0.15) is 0 Å². The highest BCUT2D eigenvalue weighted by molar-refractivity contribution is 6.05. The molecule has 0 atom stereocenters. The number of nitrogens with one attached hydrogen (secondary N) is 1. The summed E-state index contributed by atoms with van der Waals surface area (Å²) in [4.78, 5) is 37.7. The first kappa shape index (κ1) is 20.8. The van der Waals surface area contributed by atoms with Crippen LogP contribution in [0.2, 0.25) is 0 Å². The van der Waals surface area contributed by atoms with E-state index < -0.39 is 27.1 Å². The summed E-state index contributed by atoms with van der Waals surface area (Å²) in [5.41, 5.74) is 0.836. The average Bonchev–Trinajstić information content (AvgIpc) is 3.27. The molecule has 1 aromatic heterocycles. The van der Waals surface area contributed by atoms with Crippen LogP contribution >= 0.6 is 0 Å². The Morgan fingerprint density at radius 3 is 2.24 bits per heavy atom. The van der Waals surface area contributed by atoms with E-state index in [9.17, 15) is 25.0 Å². The van der Waals surface area contributed by atoms with Gasteiger partial charge >= 0.3 is 0 Å². The smallest absolute Gasteiger partial charge is 0.277 e. The van der Waals surface area contributed by atoms with Crippen LogP contribution in [0.15, 0.2) is 83.3 Å². The molecule has 0 fully saturated rings. The summed E-state index contributed by atoms with van der Waals surface area (Å²) in [5.74, 6) is -0.317. The Kier molecular flexibility index (Phi) is 4.94. The lowest BCUT2D eigenvalue weighted by atomic mass is 10.1. The minimum absolute atomic E-state index is 0.210. The van der Waals surface area contributed by atoms with Crippen LogP contribution in [0.25, 0.3) is 33.3 Å². The van der Waals surface area contributed by atoms with Crippen LogP contribution in [0, 0.1) is 20.2 Å². The summed E-state index contributed by atoms with van der Waals surface area (Å²) >= 11 is 0. The van der Waals surface area contributed by atoms with Crippen molar-refractivity contribution in [1.29, 1.82) is 0 Å². The summed E-state index contributed by atoms with van der Waals surface area (Å²) in [6, 6.07) is 21.3. The number of carbonyl (C=O) groups excluding carboxylic acids is 1. The summed E-state index contributed by atoms with van der Waals surface area (Å²) in [6.45, 7) is 0. The maximum absolute atomic E-state index is 12.7. The van der Waals surface area contributed by atoms with Crippen molar-refractivity contribution in [2.24, 2.45) is 0 Å². The highest BCUT2D eigenvalue weighted by Crippen LogP contribution is 2.29. The number of hydrogen-bond donors (Lipinski definition) is 1. The third-order valence-electron chi connectivity index (χ3n) is 5.23. The molecule has 10 nitrogen and oxygen atoms in total. The highest BCUT2D eigenvalue weighted by atomic mass is 16.6. The van der Waals surface area contributed by atoms with E-state index in [1.54, 1.807) is 18.2 Å². The van der Waals surface area contributed by atoms with Gasteiger partial charge in [-0.05, 0) is 41.1 Å². The fraction of sp³-hybridized carbons (Fsp3) is 0. The number of benzene rings is 4. The van der Waals surface area contributed by atoms with Crippen molar-refractivity contribution in [3.8, 4) is 11.5 Å². The molecule has 0 bridgehead atoms. The van der Waals surface area contributed by atoms with E-state index >= 15 is 0 Å². The van der Waals surface area contributed by atoms with Gasteiger partial charge < -0.3 is 9.73 Å². The second kappa shape index (κ2) is 8.10. The molecule has 0 aliphatic carbocycles. The summed E-state index contributed by atoms with van der Waals surface area (Å²) in [5, 5.41) is 26.9. The minimum Gasteiger partial charge on any atom is -0.436 e. The largest absolute Gasteiger partial charge is 0.436 e. The molecule has 1 N–H and O–H groups in total. The number of non-ortho nitro benzene ring substituents is 2. The molecule has 0 spiro atoms. The second-order valence-electron chi connectivity index (χ2n) is 7.47. The van der Waals surface area contributed by atoms with E-state index in [0.29, 0.717) is 22.7 Å². The lowest BCUT2D eigenvalue weighted by molar-refractivity contribution is -0.394. The molecule has 34 heavy (non-hydrogen) atoms. The first-order valence-electron chi connectivity index (χ1n) is 10.0. The minimum atomic E-state index is -0.792. The van der Waals surface area contributed by atoms with Gasteiger partial charge in [-0.1, -0.05) is 30.3 Å². The Hall–Kier alpha value is -5.12. The van der Waals surface area contributed by atoms with Gasteiger partial charge in [0.1, 0.15) is 5.52 Å². The number of aromatic nitrogens is 1. The Morgan fingerprint density at radius 1 is 0.824 bits per heavy atom. The molecule has 1 heterocycles. The van der Waals surface area contributed by atoms with Gasteiger partial charge in [-0.15, -0.1) is 0 Å². The first-order chi connectivity index (χ1) is 16.4. The zero-order valence-corrected chi connectivity index (χ0v) is 17.3. The fourth-order valence-corrected chi connectivity index (χ4v) is 3.59. The molecule has 0 aliphatic heterocycles. The Labute approximate surface area is 190 Å². The van der Waals surface area contributed by atoms with Crippen molar-refractivity contribution in [3.05, 3.63) is 105 Å². The van der Waals surface area contributed by atoms with Gasteiger partial charge in [-0.3, -0.25) is 25.0 Å². The Balaban J connectivity index is 1.44. The predicted molar refractivity (Wildman–Crippen MR) is 125 cm³/mol. The molecule has 0 aliphatic rings. The molecule has 0 saturated heterocycles. The maximum Gasteiger partial charge on any atom is 0.277 e. The van der Waals surface area contributed by atoms with Crippen LogP contribution in [-0.4, -0.2) is 20.7 Å². The van der Waals surface area contributed by atoms with Crippen LogP contribution in [0.4, 0.5) is 17.1 Å². The molecular weight excluding hydrogens is 440 g/mol. The number of nitro benzene ring substituents is 2. The molecule has 166 valence electrons. The third-order valence-corrected chi connectivity index (χ3v) is 5.23. The van der Waals surface area contributed by atoms with Gasteiger partial charge in [0.2, 0.25) is 5.89 Å². The third kappa shape index (κ3) is 3.91. The van der Waals surface area contributed by atoms with Gasteiger partial charge in [0.05, 0.1) is 21.5 Å². The molecule has 4 aromatic carbocycles. The van der Waals surface area contributed by atoms with Crippen molar-refractivity contribution in [2.75, 3.05) is 5.32 Å². The maximum atomic E-state index is 12.7. The van der Waals surface area contributed by atoms with Gasteiger partial charge in [0, 0.05) is 23.4 Å². The molecule has 5 rings (SSSR count). The van der Waals surface area contributed by atoms with Crippen molar-refractivity contribution in [1.82, 2.24) is 4.98 Å². The lowest BCUT2D eigenvalue weighted by Gasteiger charge is -2.05. The topological polar surface area (TPSA) is 141 Å². The molecule has 0 saturated carbocycles. The van der Waals surface area contributed by atoms with E-state index in [4.69, 9.17) is 4.42 Å². The predicted octanol–water partition coefficient (Wildman–Crippen LogP) is 5.72. The van der Waals surface area contributed by atoms with Crippen LogP contribution in [-0.2, 0) is 0 Å². The fourth-order valence-electron chi connectivity index (χ4n) is 3.59. The lowest BCUT2D eigenvalue weighted by Crippen LogP contribution is -2.12. The van der Waals surface area contributed by atoms with Crippen LogP contribution in [0.3, 0.4) is 0 Å². The Morgan fingerprint density at radius 2 is 1.53 bits per heavy atom. The van der Waals surface area contributed by atoms with E-state index in [2.05, 4.69) is 10.3 Å². The number of hydrogen-bond acceptors (Lipinski definition) is 7. The summed E-state index contributed by atoms with van der Waals surface area (Å²) in [6.07, 6.45) is 0. The average molecular weight is 454 g/mol. The second-order valence-corrected chi connectivity index (χ2v) is 7.47. The molecule has 1 amide bonds. The van der Waals surface area contributed by atoms with Gasteiger partial charge in [0.15, 0.2) is 5.58 Å². The van der Waals surface area contributed by atoms with Crippen LogP contribution in [0.1, 0.15) is 10.4 Å². The monoisotopic (exact) mass is 454 g/mol. The number of rotatable bonds is 5. The van der Waals surface area contributed by atoms with Crippen LogP contribution < -0.4 is 5.32 Å². The number of nitrogens with zero attached hydrogens (tertiary/aromatic N) is 3. The number of nitro groups is 2. The number of oxazole rings is 1. The Bertz CT molecular complexity index is 1590. The normalized spacial score (nSPS) is 10.9. The van der Waals surface area contributed by atoms with Gasteiger partial charge in [-0.25, -0.2) is 4.98 Å². The SMILES string of the molecule is O=C(Nc1ccc2oc(-c3ccc4ccccc4c3)nc2c1)c1cc([N+](=O)[O-])cc([N+](=O)[O-])c1. The van der Waals surface area contributed by atoms with Crippen molar-refractivity contribution in [3.63, 3.8) is 0 Å². The zero-order chi connectivity index (χ0) is 23.8. The quantitative estimate of drug-likeness (QED) is 0.264. The number of amides is 1. The van der Waals surface area contributed by atoms with E-state index in [1.807, 2.05) is 42.5 Å². The molecule has 10 heteroatoms. The van der Waals surface area contributed by atoms with E-state index in [-0.39, 0.29) is 5.56 Å². The first-order valence-corrected chi connectivity index (χ1v) is 10.0. The van der Waals surface area contributed by atoms with Crippen LogP contribution in [0.5, 0.6) is 0 Å². The molecule has 0 unspecified atom stereocenters. The van der Waals surface area contributed by atoms with E-state index in [1.165, 1.54) is 0 Å². The molecular formula is C24H14N4O6. The molecule has 5 aromatic rings. The number of carbonyl (C=O) groups is 1. The highest BCUT2D eigenvalue weighted by Gasteiger charge is 2.20. The number of anilines is 1. The number of fused-ring (bicyclic) bond motifs is 2. The standard InChI is InChI=1S/C24H14N4O6/c29-23(17-10-19(27(30)31)13-20(11-17)28(32)33)25-18-7-8-22-21(12-18)26-24(34-22)16-6-5-14-3-1-2-4-15(14)9-16/h1-13H,(H,25,29). The molecule has 0 radical (unpaired) electrons.